The topological polar surface area (TPSA) is 75.7 Å². The van der Waals surface area contributed by atoms with Crippen molar-refractivity contribution in [2.75, 3.05) is 25.5 Å². The van der Waals surface area contributed by atoms with Crippen LogP contribution in [0.15, 0.2) is 41.3 Å². The van der Waals surface area contributed by atoms with E-state index in [0.29, 0.717) is 11.4 Å². The maximum Gasteiger partial charge on any atom is 0.243 e. The van der Waals surface area contributed by atoms with Crippen LogP contribution in [-0.2, 0) is 14.8 Å². The number of hydrogen-bond donors (Lipinski definition) is 1. The number of benzene rings is 2. The first-order valence-corrected chi connectivity index (χ1v) is 10.2. The zero-order chi connectivity index (χ0) is 20.2. The normalized spacial score (nSPS) is 11.5. The fraction of sp³-hybridized carbons (Fsp3) is 0.316. The van der Waals surface area contributed by atoms with Crippen LogP contribution < -0.4 is 10.1 Å². The lowest BCUT2D eigenvalue weighted by atomic mass is 10.1. The standard InChI is InChI=1S/C19H23ClN2O4S/c1-5-22(12-19(23)21-15-9-13(2)8-14(3)10-15)27(24,25)16-6-7-18(26-4)17(20)11-16/h6-11H,5,12H2,1-4H3,(H,21,23). The number of ether oxygens (including phenoxy) is 1. The lowest BCUT2D eigenvalue weighted by molar-refractivity contribution is -0.116. The Kier molecular flexibility index (Phi) is 6.86. The molecule has 6 nitrogen and oxygen atoms in total. The number of amides is 1. The van der Waals surface area contributed by atoms with E-state index in [2.05, 4.69) is 5.32 Å². The van der Waals surface area contributed by atoms with Crippen LogP contribution in [0, 0.1) is 13.8 Å². The van der Waals surface area contributed by atoms with Crippen molar-refractivity contribution in [3.05, 3.63) is 52.5 Å². The summed E-state index contributed by atoms with van der Waals surface area (Å²) in [6.45, 7) is 5.38. The lowest BCUT2D eigenvalue weighted by Crippen LogP contribution is -2.37. The Bertz CT molecular complexity index is 924. The maximum atomic E-state index is 12.9. The molecule has 0 saturated carbocycles. The van der Waals surface area contributed by atoms with Gasteiger partial charge < -0.3 is 10.1 Å². The summed E-state index contributed by atoms with van der Waals surface area (Å²) >= 11 is 6.04. The van der Waals surface area contributed by atoms with Crippen molar-refractivity contribution in [3.8, 4) is 5.75 Å². The first-order valence-electron chi connectivity index (χ1n) is 8.39. The van der Waals surface area contributed by atoms with Gasteiger partial charge in [-0.1, -0.05) is 24.6 Å². The quantitative estimate of drug-likeness (QED) is 0.756. The summed E-state index contributed by atoms with van der Waals surface area (Å²) in [5.74, 6) is -0.0312. The number of rotatable bonds is 7. The van der Waals surface area contributed by atoms with Crippen LogP contribution in [0.5, 0.6) is 5.75 Å². The van der Waals surface area contributed by atoms with E-state index in [4.69, 9.17) is 16.3 Å². The van der Waals surface area contributed by atoms with Crippen LogP contribution in [0.3, 0.4) is 0 Å². The molecule has 0 aliphatic heterocycles. The van der Waals surface area contributed by atoms with Crippen molar-refractivity contribution >= 4 is 33.2 Å². The van der Waals surface area contributed by atoms with Gasteiger partial charge in [-0.15, -0.1) is 0 Å². The molecule has 0 aliphatic carbocycles. The van der Waals surface area contributed by atoms with Gasteiger partial charge in [-0.2, -0.15) is 4.31 Å². The first kappa shape index (κ1) is 21.2. The Morgan fingerprint density at radius 3 is 2.30 bits per heavy atom. The number of nitrogens with one attached hydrogen (secondary N) is 1. The Hall–Kier alpha value is -2.09. The SMILES string of the molecule is CCN(CC(=O)Nc1cc(C)cc(C)c1)S(=O)(=O)c1ccc(OC)c(Cl)c1. The van der Waals surface area contributed by atoms with E-state index in [0.717, 1.165) is 15.4 Å². The van der Waals surface area contributed by atoms with Gasteiger partial charge in [-0.25, -0.2) is 8.42 Å². The maximum absolute atomic E-state index is 12.9. The van der Waals surface area contributed by atoms with Gasteiger partial charge >= 0.3 is 0 Å². The van der Waals surface area contributed by atoms with Gasteiger partial charge in [0.1, 0.15) is 5.75 Å². The highest BCUT2D eigenvalue weighted by Gasteiger charge is 2.26. The zero-order valence-corrected chi connectivity index (χ0v) is 17.3. The summed E-state index contributed by atoms with van der Waals surface area (Å²) in [5, 5.41) is 2.94. The summed E-state index contributed by atoms with van der Waals surface area (Å²) < 4.78 is 31.9. The number of carbonyl (C=O) groups is 1. The predicted octanol–water partition coefficient (Wildman–Crippen LogP) is 3.61. The molecular weight excluding hydrogens is 388 g/mol. The van der Waals surface area contributed by atoms with Gasteiger partial charge in [0.15, 0.2) is 0 Å². The lowest BCUT2D eigenvalue weighted by Gasteiger charge is -2.20. The highest BCUT2D eigenvalue weighted by molar-refractivity contribution is 7.89. The number of aryl methyl sites for hydroxylation is 2. The number of carbonyl (C=O) groups excluding carboxylic acids is 1. The third kappa shape index (κ3) is 5.22. The van der Waals surface area contributed by atoms with Crippen molar-refractivity contribution in [3.63, 3.8) is 0 Å². The minimum Gasteiger partial charge on any atom is -0.495 e. The van der Waals surface area contributed by atoms with Gasteiger partial charge in [-0.05, 0) is 55.3 Å². The largest absolute Gasteiger partial charge is 0.495 e. The molecule has 0 saturated heterocycles. The zero-order valence-electron chi connectivity index (χ0n) is 15.7. The molecule has 0 radical (unpaired) electrons. The molecule has 0 heterocycles. The van der Waals surface area contributed by atoms with Crippen LogP contribution in [0.25, 0.3) is 0 Å². The Morgan fingerprint density at radius 1 is 1.15 bits per heavy atom. The Morgan fingerprint density at radius 2 is 1.78 bits per heavy atom. The molecule has 0 fully saturated rings. The minimum atomic E-state index is -3.87. The van der Waals surface area contributed by atoms with Gasteiger partial charge in [0.2, 0.25) is 15.9 Å². The smallest absolute Gasteiger partial charge is 0.243 e. The molecule has 27 heavy (non-hydrogen) atoms. The van der Waals surface area contributed by atoms with Gasteiger partial charge in [-0.3, -0.25) is 4.79 Å². The number of anilines is 1. The van der Waals surface area contributed by atoms with E-state index in [1.54, 1.807) is 6.92 Å². The van der Waals surface area contributed by atoms with Crippen molar-refractivity contribution < 1.29 is 17.9 Å². The summed E-state index contributed by atoms with van der Waals surface area (Å²) in [7, 11) is -2.42. The van der Waals surface area contributed by atoms with Crippen LogP contribution in [0.2, 0.25) is 5.02 Å². The molecule has 0 unspecified atom stereocenters. The third-order valence-corrected chi connectivity index (χ3v) is 6.15. The first-order chi connectivity index (χ1) is 12.7. The summed E-state index contributed by atoms with van der Waals surface area (Å²) in [5.41, 5.74) is 2.66. The number of hydrogen-bond acceptors (Lipinski definition) is 4. The molecule has 2 rings (SSSR count). The monoisotopic (exact) mass is 410 g/mol. The average Bonchev–Trinajstić information content (AvgIpc) is 2.58. The number of methoxy groups -OCH3 is 1. The van der Waals surface area contributed by atoms with Crippen molar-refractivity contribution in [1.82, 2.24) is 4.31 Å². The van der Waals surface area contributed by atoms with E-state index in [1.807, 2.05) is 32.0 Å². The molecule has 2 aromatic carbocycles. The molecule has 8 heteroatoms. The van der Waals surface area contributed by atoms with Gasteiger partial charge in [0.05, 0.1) is 23.6 Å². The highest BCUT2D eigenvalue weighted by Crippen LogP contribution is 2.28. The second kappa shape index (κ2) is 8.73. The summed E-state index contributed by atoms with van der Waals surface area (Å²) in [6.07, 6.45) is 0. The van der Waals surface area contributed by atoms with E-state index in [-0.39, 0.29) is 23.0 Å². The molecule has 0 atom stereocenters. The van der Waals surface area contributed by atoms with E-state index >= 15 is 0 Å². The van der Waals surface area contributed by atoms with E-state index < -0.39 is 15.9 Å². The van der Waals surface area contributed by atoms with Crippen LogP contribution in [-0.4, -0.2) is 38.8 Å². The number of halogens is 1. The second-order valence-electron chi connectivity index (χ2n) is 6.15. The highest BCUT2D eigenvalue weighted by atomic mass is 35.5. The third-order valence-electron chi connectivity index (χ3n) is 3.94. The van der Waals surface area contributed by atoms with E-state index in [9.17, 15) is 13.2 Å². The molecule has 0 spiro atoms. The predicted molar refractivity (Wildman–Crippen MR) is 107 cm³/mol. The van der Waals surface area contributed by atoms with Gasteiger partial charge in [0, 0.05) is 12.2 Å². The minimum absolute atomic E-state index is 0.00866. The molecule has 1 N–H and O–H groups in total. The number of sulfonamides is 1. The van der Waals surface area contributed by atoms with E-state index in [1.165, 1.54) is 25.3 Å². The average molecular weight is 411 g/mol. The fourth-order valence-corrected chi connectivity index (χ4v) is 4.49. The van der Waals surface area contributed by atoms with Crippen LogP contribution >= 0.6 is 11.6 Å². The van der Waals surface area contributed by atoms with Crippen LogP contribution in [0.1, 0.15) is 18.1 Å². The molecule has 0 aromatic heterocycles. The van der Waals surface area contributed by atoms with Crippen molar-refractivity contribution in [2.24, 2.45) is 0 Å². The molecular formula is C19H23ClN2O4S. The number of nitrogens with zero attached hydrogens (tertiary/aromatic N) is 1. The summed E-state index contributed by atoms with van der Waals surface area (Å²) in [4.78, 5) is 12.4. The molecule has 0 bridgehead atoms. The van der Waals surface area contributed by atoms with Gasteiger partial charge in [0.25, 0.3) is 0 Å². The molecule has 146 valence electrons. The van der Waals surface area contributed by atoms with Crippen molar-refractivity contribution in [2.45, 2.75) is 25.7 Å². The Balaban J connectivity index is 2.19. The summed E-state index contributed by atoms with van der Waals surface area (Å²) in [6, 6.07) is 9.87. The molecule has 1 amide bonds. The Labute approximate surface area is 165 Å². The molecule has 2 aromatic rings. The van der Waals surface area contributed by atoms with Crippen LogP contribution in [0.4, 0.5) is 5.69 Å². The fourth-order valence-electron chi connectivity index (χ4n) is 2.73. The second-order valence-corrected chi connectivity index (χ2v) is 8.50. The van der Waals surface area contributed by atoms with Crippen molar-refractivity contribution in [1.29, 1.82) is 0 Å². The molecule has 0 aliphatic rings. The number of likely N-dealkylation sites (N-methyl/N-ethyl adjacent to an activating group) is 1.